The first kappa shape index (κ1) is 19.9. The predicted octanol–water partition coefficient (Wildman–Crippen LogP) is 3.75. The summed E-state index contributed by atoms with van der Waals surface area (Å²) >= 11 is 0. The van der Waals surface area contributed by atoms with Crippen molar-refractivity contribution < 1.29 is 27.2 Å². The Labute approximate surface area is 159 Å². The fourth-order valence-electron chi connectivity index (χ4n) is 3.12. The molecule has 8 heteroatoms. The van der Waals surface area contributed by atoms with Crippen molar-refractivity contribution in [2.24, 2.45) is 0 Å². The number of nitrogens with zero attached hydrogens (tertiary/aromatic N) is 2. The van der Waals surface area contributed by atoms with Gasteiger partial charge in [-0.05, 0) is 42.8 Å². The highest BCUT2D eigenvalue weighted by Crippen LogP contribution is 2.29. The van der Waals surface area contributed by atoms with Gasteiger partial charge in [0.25, 0.3) is 11.8 Å². The van der Waals surface area contributed by atoms with Gasteiger partial charge in [-0.1, -0.05) is 12.1 Å². The van der Waals surface area contributed by atoms with Crippen LogP contribution in [0.5, 0.6) is 0 Å². The number of carbonyl (C=O) groups is 2. The highest BCUT2D eigenvalue weighted by atomic mass is 19.4. The van der Waals surface area contributed by atoms with Crippen LogP contribution in [0.25, 0.3) is 0 Å². The van der Waals surface area contributed by atoms with Gasteiger partial charge in [0.05, 0.1) is 5.56 Å². The van der Waals surface area contributed by atoms with E-state index in [1.807, 2.05) is 0 Å². The number of aryl methyl sites for hydroxylation is 1. The van der Waals surface area contributed by atoms with Crippen LogP contribution >= 0.6 is 0 Å². The second kappa shape index (κ2) is 7.61. The zero-order valence-electron chi connectivity index (χ0n) is 15.1. The van der Waals surface area contributed by atoms with E-state index in [2.05, 4.69) is 0 Å². The minimum atomic E-state index is -4.52. The summed E-state index contributed by atoms with van der Waals surface area (Å²) in [5, 5.41) is 0. The molecule has 148 valence electrons. The first-order valence-corrected chi connectivity index (χ1v) is 8.69. The molecule has 2 amide bonds. The molecule has 0 N–H and O–H groups in total. The van der Waals surface area contributed by atoms with Crippen molar-refractivity contribution in [2.45, 2.75) is 13.1 Å². The van der Waals surface area contributed by atoms with Crippen LogP contribution in [0.1, 0.15) is 31.8 Å². The second-order valence-corrected chi connectivity index (χ2v) is 6.62. The van der Waals surface area contributed by atoms with Gasteiger partial charge in [0.1, 0.15) is 5.82 Å². The molecule has 0 spiro atoms. The molecule has 0 aromatic heterocycles. The molecule has 0 saturated carbocycles. The molecule has 0 unspecified atom stereocenters. The third-order valence-electron chi connectivity index (χ3n) is 4.72. The Morgan fingerprint density at radius 2 is 1.50 bits per heavy atom. The molecule has 1 aliphatic rings. The molecule has 1 heterocycles. The summed E-state index contributed by atoms with van der Waals surface area (Å²) in [6.45, 7) is 2.53. The summed E-state index contributed by atoms with van der Waals surface area (Å²) in [6, 6.07) is 8.25. The Balaban J connectivity index is 1.68. The number of piperazine rings is 1. The summed E-state index contributed by atoms with van der Waals surface area (Å²) < 4.78 is 52.0. The average molecular weight is 394 g/mol. The fraction of sp³-hybridized carbons (Fsp3) is 0.300. The lowest BCUT2D eigenvalue weighted by Gasteiger charge is -2.35. The first-order chi connectivity index (χ1) is 13.2. The van der Waals surface area contributed by atoms with Crippen molar-refractivity contribution in [2.75, 3.05) is 26.2 Å². The van der Waals surface area contributed by atoms with Crippen molar-refractivity contribution in [1.82, 2.24) is 9.80 Å². The number of alkyl halides is 3. The van der Waals surface area contributed by atoms with Gasteiger partial charge in [0.15, 0.2) is 0 Å². The summed E-state index contributed by atoms with van der Waals surface area (Å²) in [5.74, 6) is -1.35. The van der Waals surface area contributed by atoms with Gasteiger partial charge < -0.3 is 9.80 Å². The third kappa shape index (κ3) is 4.16. The Morgan fingerprint density at radius 3 is 2.11 bits per heavy atom. The minimum absolute atomic E-state index is 0.0458. The van der Waals surface area contributed by atoms with Crippen molar-refractivity contribution in [3.05, 3.63) is 70.5 Å². The maximum atomic E-state index is 13.4. The molecule has 0 atom stereocenters. The molecule has 28 heavy (non-hydrogen) atoms. The number of hydrogen-bond acceptors (Lipinski definition) is 2. The normalized spacial score (nSPS) is 14.9. The van der Waals surface area contributed by atoms with Crippen LogP contribution in [0, 0.1) is 12.7 Å². The average Bonchev–Trinajstić information content (AvgIpc) is 2.68. The predicted molar refractivity (Wildman–Crippen MR) is 94.4 cm³/mol. The van der Waals surface area contributed by atoms with Gasteiger partial charge in [-0.3, -0.25) is 9.59 Å². The number of amides is 2. The van der Waals surface area contributed by atoms with Gasteiger partial charge >= 0.3 is 6.18 Å². The molecule has 0 radical (unpaired) electrons. The van der Waals surface area contributed by atoms with Crippen molar-refractivity contribution in [1.29, 1.82) is 0 Å². The van der Waals surface area contributed by atoms with Crippen molar-refractivity contribution in [3.8, 4) is 0 Å². The Hall–Kier alpha value is -2.90. The summed E-state index contributed by atoms with van der Waals surface area (Å²) in [5.41, 5.74) is -0.0177. The van der Waals surface area contributed by atoms with E-state index >= 15 is 0 Å². The van der Waals surface area contributed by atoms with Gasteiger partial charge in [-0.2, -0.15) is 13.2 Å². The fourth-order valence-corrected chi connectivity index (χ4v) is 3.12. The molecule has 4 nitrogen and oxygen atoms in total. The van der Waals surface area contributed by atoms with Crippen molar-refractivity contribution in [3.63, 3.8) is 0 Å². The molecule has 2 aromatic carbocycles. The number of halogens is 4. The van der Waals surface area contributed by atoms with Crippen LogP contribution in [0.3, 0.4) is 0 Å². The van der Waals surface area contributed by atoms with Gasteiger partial charge in [-0.25, -0.2) is 4.39 Å². The minimum Gasteiger partial charge on any atom is -0.335 e. The number of carbonyl (C=O) groups excluding carboxylic acids is 2. The van der Waals surface area contributed by atoms with E-state index in [4.69, 9.17) is 0 Å². The second-order valence-electron chi connectivity index (χ2n) is 6.62. The van der Waals surface area contributed by atoms with E-state index in [0.29, 0.717) is 5.56 Å². The van der Waals surface area contributed by atoms with Crippen molar-refractivity contribution >= 4 is 11.8 Å². The number of rotatable bonds is 2. The number of benzene rings is 2. The Kier molecular flexibility index (Phi) is 5.40. The highest BCUT2D eigenvalue weighted by Gasteiger charge is 2.32. The summed E-state index contributed by atoms with van der Waals surface area (Å²) in [4.78, 5) is 28.1. The van der Waals surface area contributed by atoms with Crippen LogP contribution < -0.4 is 0 Å². The van der Waals surface area contributed by atoms with Gasteiger partial charge in [-0.15, -0.1) is 0 Å². The summed E-state index contributed by atoms with van der Waals surface area (Å²) in [7, 11) is 0. The third-order valence-corrected chi connectivity index (χ3v) is 4.72. The van der Waals surface area contributed by atoms with Gasteiger partial charge in [0, 0.05) is 37.3 Å². The van der Waals surface area contributed by atoms with Gasteiger partial charge in [0.2, 0.25) is 0 Å². The Bertz CT molecular complexity index is 903. The van der Waals surface area contributed by atoms with E-state index in [9.17, 15) is 27.2 Å². The van der Waals surface area contributed by atoms with Crippen LogP contribution in [0.15, 0.2) is 42.5 Å². The summed E-state index contributed by atoms with van der Waals surface area (Å²) in [6.07, 6.45) is -4.52. The first-order valence-electron chi connectivity index (χ1n) is 8.69. The van der Waals surface area contributed by atoms with E-state index in [0.717, 1.165) is 12.1 Å². The zero-order valence-corrected chi connectivity index (χ0v) is 15.1. The highest BCUT2D eigenvalue weighted by molar-refractivity contribution is 5.97. The smallest absolute Gasteiger partial charge is 0.335 e. The van der Waals surface area contributed by atoms with Crippen LogP contribution in [-0.2, 0) is 6.18 Å². The lowest BCUT2D eigenvalue weighted by Crippen LogP contribution is -2.50. The molecule has 3 rings (SSSR count). The molecular weight excluding hydrogens is 376 g/mol. The number of hydrogen-bond donors (Lipinski definition) is 0. The largest absolute Gasteiger partial charge is 0.416 e. The monoisotopic (exact) mass is 394 g/mol. The van der Waals surface area contributed by atoms with Crippen LogP contribution in [0.2, 0.25) is 0 Å². The topological polar surface area (TPSA) is 40.6 Å². The quantitative estimate of drug-likeness (QED) is 0.728. The van der Waals surface area contributed by atoms with Crippen LogP contribution in [0.4, 0.5) is 17.6 Å². The van der Waals surface area contributed by atoms with E-state index < -0.39 is 23.5 Å². The molecule has 0 bridgehead atoms. The van der Waals surface area contributed by atoms with E-state index in [-0.39, 0.29) is 43.2 Å². The van der Waals surface area contributed by atoms with E-state index in [1.54, 1.807) is 6.92 Å². The van der Waals surface area contributed by atoms with E-state index in [1.165, 1.54) is 40.1 Å². The molecule has 0 aliphatic carbocycles. The molecule has 1 fully saturated rings. The lowest BCUT2D eigenvalue weighted by atomic mass is 10.1. The molecule has 2 aromatic rings. The molecule has 1 saturated heterocycles. The molecular formula is C20H18F4N2O2. The maximum absolute atomic E-state index is 13.4. The standard InChI is InChI=1S/C20H18F4N2O2/c1-13-5-6-16(21)12-17(13)19(28)26-9-7-25(8-10-26)18(27)14-3-2-4-15(11-14)20(22,23)24/h2-6,11-12H,7-10H2,1H3. The molecule has 1 aliphatic heterocycles. The van der Waals surface area contributed by atoms with Crippen LogP contribution in [-0.4, -0.2) is 47.8 Å². The zero-order chi connectivity index (χ0) is 20.5. The Morgan fingerprint density at radius 1 is 0.893 bits per heavy atom. The lowest BCUT2D eigenvalue weighted by molar-refractivity contribution is -0.137. The maximum Gasteiger partial charge on any atom is 0.416 e. The SMILES string of the molecule is Cc1ccc(F)cc1C(=O)N1CCN(C(=O)c2cccc(C(F)(F)F)c2)CC1.